The summed E-state index contributed by atoms with van der Waals surface area (Å²) < 4.78 is 25.6. The molecule has 0 unspecified atom stereocenters. The first-order valence-electron chi connectivity index (χ1n) is 9.92. The number of carbonyl (C=O) groups is 2. The summed E-state index contributed by atoms with van der Waals surface area (Å²) in [5, 5.41) is 6.56. The average Bonchev–Trinajstić information content (AvgIpc) is 2.79. The predicted molar refractivity (Wildman–Crippen MR) is 132 cm³/mol. The summed E-state index contributed by atoms with van der Waals surface area (Å²) in [6, 6.07) is 14.7. The number of halogens is 3. The molecule has 0 heterocycles. The molecule has 0 aliphatic rings. The van der Waals surface area contributed by atoms with E-state index in [1.165, 1.54) is 25.5 Å². The molecule has 2 amide bonds. The molecule has 0 spiro atoms. The molecule has 0 saturated carbocycles. The van der Waals surface area contributed by atoms with Crippen LogP contribution in [0.25, 0.3) is 0 Å². The van der Waals surface area contributed by atoms with Gasteiger partial charge >= 0.3 is 11.8 Å². The lowest BCUT2D eigenvalue weighted by Crippen LogP contribution is -2.32. The summed E-state index contributed by atoms with van der Waals surface area (Å²) in [7, 11) is 1.45. The zero-order valence-corrected chi connectivity index (χ0v) is 20.5. The van der Waals surface area contributed by atoms with Crippen molar-refractivity contribution in [2.75, 3.05) is 12.4 Å². The van der Waals surface area contributed by atoms with Crippen LogP contribution in [0.1, 0.15) is 16.7 Å². The number of ether oxygens (including phenoxy) is 2. The van der Waals surface area contributed by atoms with Crippen LogP contribution in [0.2, 0.25) is 5.02 Å². The zero-order chi connectivity index (χ0) is 24.7. The molecular formula is C24H20BrClFN3O4. The lowest BCUT2D eigenvalue weighted by Gasteiger charge is -2.14. The number of nitrogens with zero attached hydrogens (tertiary/aromatic N) is 1. The molecule has 0 aromatic heterocycles. The quantitative estimate of drug-likeness (QED) is 0.241. The van der Waals surface area contributed by atoms with E-state index in [1.54, 1.807) is 36.4 Å². The Morgan fingerprint density at radius 1 is 1.15 bits per heavy atom. The maximum Gasteiger partial charge on any atom is 0.329 e. The number of anilines is 1. The van der Waals surface area contributed by atoms with Crippen LogP contribution in [0.5, 0.6) is 11.5 Å². The largest absolute Gasteiger partial charge is 0.493 e. The van der Waals surface area contributed by atoms with Crippen molar-refractivity contribution in [3.8, 4) is 11.5 Å². The van der Waals surface area contributed by atoms with Crippen molar-refractivity contribution in [1.29, 1.82) is 0 Å². The first kappa shape index (κ1) is 25.2. The van der Waals surface area contributed by atoms with E-state index < -0.39 is 17.6 Å². The minimum Gasteiger partial charge on any atom is -0.493 e. The molecular weight excluding hydrogens is 529 g/mol. The summed E-state index contributed by atoms with van der Waals surface area (Å²) in [4.78, 5) is 24.0. The Bertz CT molecular complexity index is 1230. The molecule has 0 fully saturated rings. The Labute approximate surface area is 209 Å². The van der Waals surface area contributed by atoms with Gasteiger partial charge in [-0.25, -0.2) is 9.82 Å². The highest BCUT2D eigenvalue weighted by Gasteiger charge is 2.15. The molecule has 0 saturated heterocycles. The van der Waals surface area contributed by atoms with Gasteiger partial charge in [-0.05, 0) is 70.4 Å². The molecule has 10 heteroatoms. The highest BCUT2D eigenvalue weighted by atomic mass is 79.9. The molecule has 3 rings (SSSR count). The van der Waals surface area contributed by atoms with Crippen LogP contribution in [0.4, 0.5) is 10.1 Å². The van der Waals surface area contributed by atoms with Crippen molar-refractivity contribution in [1.82, 2.24) is 5.43 Å². The topological polar surface area (TPSA) is 89.0 Å². The third kappa shape index (κ3) is 6.55. The van der Waals surface area contributed by atoms with Gasteiger partial charge in [-0.3, -0.25) is 9.59 Å². The molecule has 0 bridgehead atoms. The molecule has 0 aliphatic carbocycles. The Morgan fingerprint density at radius 2 is 1.91 bits per heavy atom. The van der Waals surface area contributed by atoms with E-state index in [2.05, 4.69) is 31.8 Å². The normalized spacial score (nSPS) is 10.7. The summed E-state index contributed by atoms with van der Waals surface area (Å²) >= 11 is 9.44. The number of benzene rings is 3. The van der Waals surface area contributed by atoms with Crippen molar-refractivity contribution in [2.45, 2.75) is 13.5 Å². The van der Waals surface area contributed by atoms with E-state index >= 15 is 0 Å². The number of hydrogen-bond donors (Lipinski definition) is 2. The van der Waals surface area contributed by atoms with Gasteiger partial charge in [0.2, 0.25) is 0 Å². The van der Waals surface area contributed by atoms with E-state index in [0.29, 0.717) is 27.2 Å². The first-order chi connectivity index (χ1) is 16.3. The average molecular weight is 549 g/mol. The van der Waals surface area contributed by atoms with Gasteiger partial charge in [-0.2, -0.15) is 5.10 Å². The lowest BCUT2D eigenvalue weighted by molar-refractivity contribution is -0.136. The summed E-state index contributed by atoms with van der Waals surface area (Å²) in [6.45, 7) is 1.76. The lowest BCUT2D eigenvalue weighted by atomic mass is 10.2. The number of carbonyl (C=O) groups excluding carboxylic acids is 2. The second-order valence-electron chi connectivity index (χ2n) is 7.05. The van der Waals surface area contributed by atoms with Gasteiger partial charge in [0.05, 0.1) is 22.8 Å². The molecule has 3 aromatic rings. The number of methoxy groups -OCH3 is 1. The second kappa shape index (κ2) is 11.6. The second-order valence-corrected chi connectivity index (χ2v) is 8.31. The maximum atomic E-state index is 14.0. The van der Waals surface area contributed by atoms with E-state index in [1.807, 2.05) is 13.0 Å². The minimum absolute atomic E-state index is 0.111. The molecule has 3 aromatic carbocycles. The Balaban J connectivity index is 1.65. The summed E-state index contributed by atoms with van der Waals surface area (Å²) in [5.41, 5.74) is 4.38. The van der Waals surface area contributed by atoms with Gasteiger partial charge in [0.1, 0.15) is 12.4 Å². The van der Waals surface area contributed by atoms with Gasteiger partial charge in [-0.1, -0.05) is 29.8 Å². The van der Waals surface area contributed by atoms with E-state index in [9.17, 15) is 14.0 Å². The fraction of sp³-hybridized carbons (Fsp3) is 0.125. The smallest absolute Gasteiger partial charge is 0.329 e. The molecule has 176 valence electrons. The molecule has 0 radical (unpaired) electrons. The Kier molecular flexibility index (Phi) is 8.61. The van der Waals surface area contributed by atoms with Gasteiger partial charge in [0.15, 0.2) is 11.5 Å². The highest BCUT2D eigenvalue weighted by molar-refractivity contribution is 9.10. The van der Waals surface area contributed by atoms with Crippen LogP contribution in [0.15, 0.2) is 64.2 Å². The SMILES string of the molecule is COc1cc(/C=N\NC(=O)C(=O)Nc2cccc(C)c2)cc(Br)c1OCc1c(F)cccc1Cl. The minimum atomic E-state index is -0.925. The van der Waals surface area contributed by atoms with Crippen LogP contribution in [-0.2, 0) is 16.2 Å². The molecule has 2 N–H and O–H groups in total. The third-order valence-corrected chi connectivity index (χ3v) is 5.48. The number of nitrogens with one attached hydrogen (secondary N) is 2. The van der Waals surface area contributed by atoms with Gasteiger partial charge in [0.25, 0.3) is 0 Å². The van der Waals surface area contributed by atoms with E-state index in [0.717, 1.165) is 5.56 Å². The van der Waals surface area contributed by atoms with Gasteiger partial charge < -0.3 is 14.8 Å². The summed E-state index contributed by atoms with van der Waals surface area (Å²) in [6.07, 6.45) is 1.34. The fourth-order valence-corrected chi connectivity index (χ4v) is 3.69. The number of amides is 2. The number of aryl methyl sites for hydroxylation is 1. The fourth-order valence-electron chi connectivity index (χ4n) is 2.90. The van der Waals surface area contributed by atoms with Crippen molar-refractivity contribution < 1.29 is 23.5 Å². The van der Waals surface area contributed by atoms with Gasteiger partial charge in [0, 0.05) is 11.3 Å². The monoisotopic (exact) mass is 547 g/mol. The van der Waals surface area contributed by atoms with Crippen LogP contribution >= 0.6 is 27.5 Å². The molecule has 34 heavy (non-hydrogen) atoms. The van der Waals surface area contributed by atoms with Crippen LogP contribution in [0, 0.1) is 12.7 Å². The molecule has 7 nitrogen and oxygen atoms in total. The highest BCUT2D eigenvalue weighted by Crippen LogP contribution is 2.37. The van der Waals surface area contributed by atoms with Crippen LogP contribution < -0.4 is 20.2 Å². The first-order valence-corrected chi connectivity index (χ1v) is 11.1. The van der Waals surface area contributed by atoms with Gasteiger partial charge in [-0.15, -0.1) is 0 Å². The van der Waals surface area contributed by atoms with E-state index in [4.69, 9.17) is 21.1 Å². The van der Waals surface area contributed by atoms with Crippen molar-refractivity contribution in [2.24, 2.45) is 5.10 Å². The zero-order valence-electron chi connectivity index (χ0n) is 18.2. The van der Waals surface area contributed by atoms with Crippen molar-refractivity contribution >= 4 is 51.2 Å². The maximum absolute atomic E-state index is 14.0. The van der Waals surface area contributed by atoms with E-state index in [-0.39, 0.29) is 17.2 Å². The van der Waals surface area contributed by atoms with Crippen molar-refractivity contribution in [3.63, 3.8) is 0 Å². The molecule has 0 aliphatic heterocycles. The number of rotatable bonds is 7. The molecule has 0 atom stereocenters. The van der Waals surface area contributed by atoms with Crippen LogP contribution in [0.3, 0.4) is 0 Å². The third-order valence-electron chi connectivity index (χ3n) is 4.54. The predicted octanol–water partition coefficient (Wildman–Crippen LogP) is 5.23. The number of hydrogen-bond acceptors (Lipinski definition) is 5. The Hall–Kier alpha value is -3.43. The number of hydrazone groups is 1. The van der Waals surface area contributed by atoms with Crippen LogP contribution in [-0.4, -0.2) is 25.1 Å². The standard InChI is InChI=1S/C24H20BrClFN3O4/c1-14-5-3-6-16(9-14)29-23(31)24(32)30-28-12-15-10-18(25)22(21(11-15)33-2)34-13-17-19(26)7-4-8-20(17)27/h3-12H,13H2,1-2H3,(H,29,31)(H,30,32)/b28-12-. The summed E-state index contributed by atoms with van der Waals surface area (Å²) in [5.74, 6) is -1.58. The Morgan fingerprint density at radius 3 is 2.62 bits per heavy atom. The van der Waals surface area contributed by atoms with Crippen molar-refractivity contribution in [3.05, 3.63) is 86.6 Å².